The molecule has 4 unspecified atom stereocenters. The van der Waals surface area contributed by atoms with Gasteiger partial charge in [-0.25, -0.2) is 0 Å². The topological polar surface area (TPSA) is 58.6 Å². The van der Waals surface area contributed by atoms with Gasteiger partial charge < -0.3 is 15.0 Å². The lowest BCUT2D eigenvalue weighted by molar-refractivity contribution is -0.152. The van der Waals surface area contributed by atoms with Crippen molar-refractivity contribution in [3.63, 3.8) is 0 Å². The monoisotopic (exact) mass is 570 g/mol. The van der Waals surface area contributed by atoms with Crippen LogP contribution < -0.4 is 5.32 Å². The summed E-state index contributed by atoms with van der Waals surface area (Å²) in [6.45, 7) is 14.1. The van der Waals surface area contributed by atoms with Gasteiger partial charge in [0.2, 0.25) is 5.91 Å². The summed E-state index contributed by atoms with van der Waals surface area (Å²) < 4.78 is 5.94. The van der Waals surface area contributed by atoms with E-state index in [1.54, 1.807) is 5.57 Å². The van der Waals surface area contributed by atoms with Crippen molar-refractivity contribution in [1.29, 1.82) is 0 Å². The molecule has 41 heavy (non-hydrogen) atoms. The molecule has 1 amide bonds. The summed E-state index contributed by atoms with van der Waals surface area (Å²) in [5.41, 5.74) is 2.34. The van der Waals surface area contributed by atoms with Crippen LogP contribution in [-0.4, -0.2) is 50.1 Å². The second-order valence-electron chi connectivity index (χ2n) is 15.7. The predicted octanol–water partition coefficient (Wildman–Crippen LogP) is 7.79. The van der Waals surface area contributed by atoms with Crippen molar-refractivity contribution in [3.05, 3.63) is 11.6 Å². The number of hydrogen-bond acceptors (Lipinski definition) is 4. The van der Waals surface area contributed by atoms with Crippen molar-refractivity contribution >= 4 is 11.9 Å². The first kappa shape index (κ1) is 32.6. The molecule has 5 heteroatoms. The quantitative estimate of drug-likeness (QED) is 0.139. The van der Waals surface area contributed by atoms with Crippen LogP contribution in [0.1, 0.15) is 125 Å². The minimum atomic E-state index is -0.218. The molecule has 0 saturated heterocycles. The van der Waals surface area contributed by atoms with Gasteiger partial charge in [-0.05, 0) is 118 Å². The third-order valence-electron chi connectivity index (χ3n) is 12.2. The molecule has 0 radical (unpaired) electrons. The van der Waals surface area contributed by atoms with Crippen LogP contribution in [0.25, 0.3) is 0 Å². The highest BCUT2D eigenvalue weighted by molar-refractivity contribution is 5.81. The van der Waals surface area contributed by atoms with Gasteiger partial charge in [-0.1, -0.05) is 65.5 Å². The molecular weight excluding hydrogens is 508 g/mol. The molecule has 0 aromatic rings. The number of allylic oxidation sites excluding steroid dienone is 1. The Kier molecular flexibility index (Phi) is 11.1. The van der Waals surface area contributed by atoms with Gasteiger partial charge in [-0.3, -0.25) is 9.59 Å². The second-order valence-corrected chi connectivity index (χ2v) is 15.7. The van der Waals surface area contributed by atoms with Crippen LogP contribution in [0.5, 0.6) is 0 Å². The lowest BCUT2D eigenvalue weighted by atomic mass is 9.47. The average Bonchev–Trinajstić information content (AvgIpc) is 3.27. The van der Waals surface area contributed by atoms with E-state index < -0.39 is 0 Å². The van der Waals surface area contributed by atoms with Crippen LogP contribution in [0.3, 0.4) is 0 Å². The van der Waals surface area contributed by atoms with Gasteiger partial charge in [-0.15, -0.1) is 0 Å². The zero-order valence-electron chi connectivity index (χ0n) is 27.6. The van der Waals surface area contributed by atoms with E-state index in [2.05, 4.69) is 50.9 Å². The van der Waals surface area contributed by atoms with Crippen molar-refractivity contribution in [1.82, 2.24) is 10.2 Å². The molecule has 0 aromatic heterocycles. The van der Waals surface area contributed by atoms with Gasteiger partial charge in [0.15, 0.2) is 0 Å². The highest BCUT2D eigenvalue weighted by atomic mass is 16.5. The number of carbonyl (C=O) groups excluding carboxylic acids is 2. The zero-order chi connectivity index (χ0) is 29.8. The molecule has 0 aliphatic heterocycles. The van der Waals surface area contributed by atoms with Gasteiger partial charge in [-0.2, -0.15) is 0 Å². The Hall–Kier alpha value is -1.36. The van der Waals surface area contributed by atoms with Crippen molar-refractivity contribution in [3.8, 4) is 0 Å². The number of nitrogens with zero attached hydrogens (tertiary/aromatic N) is 1. The zero-order valence-corrected chi connectivity index (χ0v) is 27.6. The Morgan fingerprint density at radius 3 is 2.51 bits per heavy atom. The lowest BCUT2D eigenvalue weighted by Crippen LogP contribution is -2.51. The van der Waals surface area contributed by atoms with Gasteiger partial charge in [0.05, 0.1) is 6.42 Å². The standard InChI is InChI=1S/C36H62N2O3/c1-25(2)10-8-11-26(3)30-14-15-31-29-13-12-27-24-28(18-20-35(27,4)32(29)19-21-36(30,31)5)41-34(40)17-16-33(39)37-22-9-23-38(6)7/h12,25-26,28-32H,8-11,13-24H2,1-7H3,(H,37,39)/t26?,28-,29?,30+,31-,32-,35?,36?/m0/s1. The Balaban J connectivity index is 1.28. The molecule has 4 aliphatic carbocycles. The van der Waals surface area contributed by atoms with Crippen molar-refractivity contribution in [2.45, 2.75) is 131 Å². The highest BCUT2D eigenvalue weighted by Gasteiger charge is 2.59. The number of nitrogens with one attached hydrogen (secondary N) is 1. The third-order valence-corrected chi connectivity index (χ3v) is 12.2. The Labute approximate surface area is 252 Å². The summed E-state index contributed by atoms with van der Waals surface area (Å²) in [7, 11) is 4.05. The van der Waals surface area contributed by atoms with Gasteiger partial charge in [0.25, 0.3) is 0 Å². The fourth-order valence-corrected chi connectivity index (χ4v) is 9.92. The number of hydrogen-bond donors (Lipinski definition) is 1. The van der Waals surface area contributed by atoms with Crippen LogP contribution in [0, 0.1) is 46.3 Å². The van der Waals surface area contributed by atoms with Crippen LogP contribution >= 0.6 is 0 Å². The lowest BCUT2D eigenvalue weighted by Gasteiger charge is -2.58. The number of esters is 1. The second kappa shape index (κ2) is 14.0. The van der Waals surface area contributed by atoms with Crippen molar-refractivity contribution in [2.75, 3.05) is 27.2 Å². The SMILES string of the molecule is CC(C)CCCC(C)[C@H]1CC[C@H]2C3CC=C4C[C@@H](OC(=O)CCC(=O)NCCCN(C)C)CCC4(C)[C@H]3CCC12C. The Bertz CT molecular complexity index is 928. The van der Waals surface area contributed by atoms with E-state index in [1.807, 2.05) is 14.1 Å². The number of amides is 1. The largest absolute Gasteiger partial charge is 0.462 e. The van der Waals surface area contributed by atoms with Crippen LogP contribution in [0.2, 0.25) is 0 Å². The molecule has 4 rings (SSSR count). The van der Waals surface area contributed by atoms with E-state index in [0.29, 0.717) is 12.0 Å². The number of ether oxygens (including phenoxy) is 1. The van der Waals surface area contributed by atoms with E-state index in [-0.39, 0.29) is 36.2 Å². The first-order valence-corrected chi connectivity index (χ1v) is 17.2. The number of fused-ring (bicyclic) bond motifs is 5. The van der Waals surface area contributed by atoms with Crippen molar-refractivity contribution < 1.29 is 14.3 Å². The van der Waals surface area contributed by atoms with Gasteiger partial charge in [0.1, 0.15) is 6.10 Å². The van der Waals surface area contributed by atoms with Gasteiger partial charge in [0, 0.05) is 19.4 Å². The van der Waals surface area contributed by atoms with Crippen LogP contribution in [-0.2, 0) is 14.3 Å². The molecule has 0 aromatic carbocycles. The van der Waals surface area contributed by atoms with Crippen LogP contribution in [0.15, 0.2) is 11.6 Å². The Morgan fingerprint density at radius 2 is 1.78 bits per heavy atom. The first-order valence-electron chi connectivity index (χ1n) is 17.2. The summed E-state index contributed by atoms with van der Waals surface area (Å²) in [5, 5.41) is 2.92. The summed E-state index contributed by atoms with van der Waals surface area (Å²) in [6.07, 6.45) is 17.9. The molecule has 1 N–H and O–H groups in total. The molecular formula is C36H62N2O3. The molecule has 0 heterocycles. The van der Waals surface area contributed by atoms with E-state index in [1.165, 1.54) is 51.4 Å². The summed E-state index contributed by atoms with van der Waals surface area (Å²) in [4.78, 5) is 26.9. The summed E-state index contributed by atoms with van der Waals surface area (Å²) >= 11 is 0. The third kappa shape index (κ3) is 7.60. The van der Waals surface area contributed by atoms with E-state index in [9.17, 15) is 9.59 Å². The molecule has 5 nitrogen and oxygen atoms in total. The number of carbonyl (C=O) groups is 2. The fraction of sp³-hybridized carbons (Fsp3) is 0.889. The first-order chi connectivity index (χ1) is 19.4. The molecule has 8 atom stereocenters. The minimum absolute atomic E-state index is 0.0297. The molecule has 0 spiro atoms. The number of rotatable bonds is 13. The molecule has 3 fully saturated rings. The fourth-order valence-electron chi connectivity index (χ4n) is 9.92. The maximum atomic E-state index is 12.6. The molecule has 0 bridgehead atoms. The van der Waals surface area contributed by atoms with Crippen LogP contribution in [0.4, 0.5) is 0 Å². The predicted molar refractivity (Wildman–Crippen MR) is 168 cm³/mol. The molecule has 234 valence electrons. The normalized spacial score (nSPS) is 35.3. The van der Waals surface area contributed by atoms with E-state index >= 15 is 0 Å². The van der Waals surface area contributed by atoms with Gasteiger partial charge >= 0.3 is 5.97 Å². The maximum absolute atomic E-state index is 12.6. The van der Waals surface area contributed by atoms with E-state index in [4.69, 9.17) is 4.74 Å². The summed E-state index contributed by atoms with van der Waals surface area (Å²) in [5.74, 6) is 4.78. The summed E-state index contributed by atoms with van der Waals surface area (Å²) in [6, 6.07) is 0. The molecule has 4 aliphatic rings. The minimum Gasteiger partial charge on any atom is -0.462 e. The molecule has 3 saturated carbocycles. The smallest absolute Gasteiger partial charge is 0.306 e. The maximum Gasteiger partial charge on any atom is 0.306 e. The van der Waals surface area contributed by atoms with Crippen molar-refractivity contribution in [2.24, 2.45) is 46.3 Å². The average molecular weight is 571 g/mol. The highest BCUT2D eigenvalue weighted by Crippen LogP contribution is 2.67. The Morgan fingerprint density at radius 1 is 1.00 bits per heavy atom. The van der Waals surface area contributed by atoms with E-state index in [0.717, 1.165) is 67.7 Å².